The lowest BCUT2D eigenvalue weighted by molar-refractivity contribution is 0.511. The summed E-state index contributed by atoms with van der Waals surface area (Å²) in [7, 11) is 0. The van der Waals surface area contributed by atoms with E-state index in [2.05, 4.69) is 48.1 Å². The summed E-state index contributed by atoms with van der Waals surface area (Å²) >= 11 is 0. The van der Waals surface area contributed by atoms with Gasteiger partial charge < -0.3 is 10.2 Å². The van der Waals surface area contributed by atoms with E-state index in [1.54, 1.807) is 0 Å². The molecular weight excluding hydrogens is 222 g/mol. The Hall–Kier alpha value is -1.25. The summed E-state index contributed by atoms with van der Waals surface area (Å²) in [5, 5.41) is 3.56. The molecule has 2 heterocycles. The molecule has 1 aliphatic heterocycles. The number of anilines is 2. The number of nitrogens with one attached hydrogen (secondary N) is 1. The summed E-state index contributed by atoms with van der Waals surface area (Å²) < 4.78 is 0. The molecule has 3 heteroatoms. The second-order valence-electron chi connectivity index (χ2n) is 5.50. The number of hydrogen-bond acceptors (Lipinski definition) is 3. The Labute approximate surface area is 111 Å². The maximum Gasteiger partial charge on any atom is 0.128 e. The van der Waals surface area contributed by atoms with E-state index in [9.17, 15) is 0 Å². The average molecular weight is 247 g/mol. The second kappa shape index (κ2) is 6.07. The molecule has 0 spiro atoms. The highest BCUT2D eigenvalue weighted by atomic mass is 15.2. The Kier molecular flexibility index (Phi) is 4.45. The van der Waals surface area contributed by atoms with Crippen LogP contribution in [0.5, 0.6) is 0 Å². The number of rotatable bonds is 5. The van der Waals surface area contributed by atoms with Crippen molar-refractivity contribution in [2.75, 3.05) is 23.3 Å². The number of aromatic nitrogens is 1. The smallest absolute Gasteiger partial charge is 0.128 e. The van der Waals surface area contributed by atoms with Crippen LogP contribution in [0.15, 0.2) is 18.3 Å². The molecule has 0 aromatic carbocycles. The van der Waals surface area contributed by atoms with Gasteiger partial charge in [-0.15, -0.1) is 0 Å². The molecule has 2 rings (SSSR count). The number of hydrogen-bond donors (Lipinski definition) is 1. The van der Waals surface area contributed by atoms with Crippen LogP contribution in [0.4, 0.5) is 11.5 Å². The molecule has 1 atom stereocenters. The summed E-state index contributed by atoms with van der Waals surface area (Å²) in [6.07, 6.45) is 5.71. The van der Waals surface area contributed by atoms with Gasteiger partial charge in [0.2, 0.25) is 0 Å². The van der Waals surface area contributed by atoms with E-state index in [1.807, 2.05) is 6.20 Å². The van der Waals surface area contributed by atoms with Crippen LogP contribution in [0.25, 0.3) is 0 Å². The molecule has 0 saturated carbocycles. The molecule has 1 aromatic rings. The Morgan fingerprint density at radius 2 is 2.00 bits per heavy atom. The summed E-state index contributed by atoms with van der Waals surface area (Å²) in [4.78, 5) is 6.94. The third kappa shape index (κ3) is 3.15. The predicted molar refractivity (Wildman–Crippen MR) is 78.2 cm³/mol. The van der Waals surface area contributed by atoms with Gasteiger partial charge in [-0.3, -0.25) is 0 Å². The lowest BCUT2D eigenvalue weighted by Crippen LogP contribution is -2.25. The zero-order chi connectivity index (χ0) is 13.0. The van der Waals surface area contributed by atoms with Gasteiger partial charge in [-0.2, -0.15) is 0 Å². The largest absolute Gasteiger partial charge is 0.381 e. The van der Waals surface area contributed by atoms with Crippen LogP contribution in [0.1, 0.15) is 40.0 Å². The minimum absolute atomic E-state index is 0.532. The van der Waals surface area contributed by atoms with E-state index in [0.29, 0.717) is 12.0 Å². The molecule has 3 nitrogen and oxygen atoms in total. The third-order valence-corrected chi connectivity index (χ3v) is 3.77. The van der Waals surface area contributed by atoms with E-state index in [1.165, 1.54) is 12.8 Å². The summed E-state index contributed by atoms with van der Waals surface area (Å²) in [6.45, 7) is 9.05. The Morgan fingerprint density at radius 1 is 1.28 bits per heavy atom. The van der Waals surface area contributed by atoms with Crippen molar-refractivity contribution in [2.45, 2.75) is 46.1 Å². The monoisotopic (exact) mass is 247 g/mol. The van der Waals surface area contributed by atoms with Crippen molar-refractivity contribution in [3.05, 3.63) is 18.3 Å². The predicted octanol–water partition coefficient (Wildman–Crippen LogP) is 3.53. The normalized spacial score (nSPS) is 17.2. The first-order valence-corrected chi connectivity index (χ1v) is 7.18. The fourth-order valence-corrected chi connectivity index (χ4v) is 2.56. The maximum absolute atomic E-state index is 4.57. The fraction of sp³-hybridized carbons (Fsp3) is 0.667. The van der Waals surface area contributed by atoms with Crippen molar-refractivity contribution in [1.29, 1.82) is 0 Å². The minimum atomic E-state index is 0.532. The van der Waals surface area contributed by atoms with Crippen LogP contribution < -0.4 is 10.2 Å². The Balaban J connectivity index is 1.98. The van der Waals surface area contributed by atoms with E-state index < -0.39 is 0 Å². The Bertz CT molecular complexity index is 353. The van der Waals surface area contributed by atoms with Gasteiger partial charge in [0.25, 0.3) is 0 Å². The van der Waals surface area contributed by atoms with E-state index in [-0.39, 0.29) is 0 Å². The Morgan fingerprint density at radius 3 is 2.50 bits per heavy atom. The lowest BCUT2D eigenvalue weighted by Gasteiger charge is -2.22. The van der Waals surface area contributed by atoms with Gasteiger partial charge in [0.15, 0.2) is 0 Å². The van der Waals surface area contributed by atoms with Crippen LogP contribution in [-0.2, 0) is 0 Å². The molecular formula is C15H25N3. The van der Waals surface area contributed by atoms with Crippen molar-refractivity contribution >= 4 is 11.5 Å². The zero-order valence-corrected chi connectivity index (χ0v) is 11.8. The number of pyridine rings is 1. The summed E-state index contributed by atoms with van der Waals surface area (Å²) in [6, 6.07) is 4.83. The first-order chi connectivity index (χ1) is 8.70. The first kappa shape index (κ1) is 13.2. The topological polar surface area (TPSA) is 28.2 Å². The molecule has 1 N–H and O–H groups in total. The van der Waals surface area contributed by atoms with Crippen LogP contribution in [0.2, 0.25) is 0 Å². The molecule has 0 bridgehead atoms. The first-order valence-electron chi connectivity index (χ1n) is 7.18. The van der Waals surface area contributed by atoms with Gasteiger partial charge in [-0.05, 0) is 37.3 Å². The molecule has 1 aromatic heterocycles. The minimum Gasteiger partial charge on any atom is -0.381 e. The van der Waals surface area contributed by atoms with E-state index in [0.717, 1.165) is 31.0 Å². The highest BCUT2D eigenvalue weighted by Crippen LogP contribution is 2.20. The van der Waals surface area contributed by atoms with Crippen molar-refractivity contribution in [3.63, 3.8) is 0 Å². The van der Waals surface area contributed by atoms with Gasteiger partial charge in [0, 0.05) is 19.1 Å². The van der Waals surface area contributed by atoms with Crippen molar-refractivity contribution in [1.82, 2.24) is 4.98 Å². The van der Waals surface area contributed by atoms with Crippen molar-refractivity contribution in [3.8, 4) is 0 Å². The zero-order valence-electron chi connectivity index (χ0n) is 11.8. The quantitative estimate of drug-likeness (QED) is 0.862. The maximum atomic E-state index is 4.57. The second-order valence-corrected chi connectivity index (χ2v) is 5.50. The average Bonchev–Trinajstić information content (AvgIpc) is 2.90. The molecule has 0 aliphatic carbocycles. The van der Waals surface area contributed by atoms with Crippen LogP contribution in [0.3, 0.4) is 0 Å². The van der Waals surface area contributed by atoms with Crippen molar-refractivity contribution in [2.24, 2.45) is 5.92 Å². The van der Waals surface area contributed by atoms with Gasteiger partial charge in [0.05, 0.1) is 11.9 Å². The molecule has 1 aliphatic rings. The van der Waals surface area contributed by atoms with Gasteiger partial charge >= 0.3 is 0 Å². The highest BCUT2D eigenvalue weighted by Gasteiger charge is 2.14. The standard InChI is InChI=1S/C15H25N3/c1-4-14(12(2)3)17-13-7-8-15(16-11-13)18-9-5-6-10-18/h7-8,11-12,14,17H,4-6,9-10H2,1-3H3. The molecule has 0 amide bonds. The fourth-order valence-electron chi connectivity index (χ4n) is 2.56. The molecule has 0 radical (unpaired) electrons. The van der Waals surface area contributed by atoms with Crippen LogP contribution in [-0.4, -0.2) is 24.1 Å². The lowest BCUT2D eigenvalue weighted by atomic mass is 10.0. The molecule has 18 heavy (non-hydrogen) atoms. The SMILES string of the molecule is CCC(Nc1ccc(N2CCCC2)nc1)C(C)C. The summed E-state index contributed by atoms with van der Waals surface area (Å²) in [5.74, 6) is 1.77. The van der Waals surface area contributed by atoms with Gasteiger partial charge in [-0.25, -0.2) is 4.98 Å². The third-order valence-electron chi connectivity index (χ3n) is 3.77. The van der Waals surface area contributed by atoms with Crippen molar-refractivity contribution < 1.29 is 0 Å². The number of nitrogens with zero attached hydrogens (tertiary/aromatic N) is 2. The molecule has 1 unspecified atom stereocenters. The molecule has 1 fully saturated rings. The van der Waals surface area contributed by atoms with E-state index >= 15 is 0 Å². The van der Waals surface area contributed by atoms with Gasteiger partial charge in [-0.1, -0.05) is 20.8 Å². The summed E-state index contributed by atoms with van der Waals surface area (Å²) in [5.41, 5.74) is 1.14. The van der Waals surface area contributed by atoms with E-state index in [4.69, 9.17) is 0 Å². The van der Waals surface area contributed by atoms with Crippen LogP contribution >= 0.6 is 0 Å². The van der Waals surface area contributed by atoms with Gasteiger partial charge in [0.1, 0.15) is 5.82 Å². The molecule has 1 saturated heterocycles. The highest BCUT2D eigenvalue weighted by molar-refractivity contribution is 5.49. The molecule has 100 valence electrons. The van der Waals surface area contributed by atoms with Crippen LogP contribution in [0, 0.1) is 5.92 Å².